The molecule has 0 bridgehead atoms. The molecule has 2 aromatic rings. The molecule has 1 aromatic carbocycles. The van der Waals surface area contributed by atoms with Gasteiger partial charge in [0.15, 0.2) is 11.7 Å². The Hall–Kier alpha value is -3.29. The lowest BCUT2D eigenvalue weighted by Gasteiger charge is -2.18. The molecular formula is C15H10N2O6. The molecule has 0 saturated carbocycles. The number of benzene rings is 1. The first kappa shape index (κ1) is 14.6. The normalized spacial score (nSPS) is 16.4. The van der Waals surface area contributed by atoms with E-state index in [2.05, 4.69) is 9.98 Å². The number of hydrogen-bond acceptors (Lipinski definition) is 5. The van der Waals surface area contributed by atoms with E-state index in [4.69, 9.17) is 10.2 Å². The van der Waals surface area contributed by atoms with Crippen LogP contribution in [-0.4, -0.2) is 39.1 Å². The summed E-state index contributed by atoms with van der Waals surface area (Å²) in [6.45, 7) is 1.54. The molecule has 0 fully saturated rings. The molecule has 1 aliphatic heterocycles. The van der Waals surface area contributed by atoms with Crippen molar-refractivity contribution in [3.05, 3.63) is 39.2 Å². The van der Waals surface area contributed by atoms with E-state index in [0.29, 0.717) is 5.56 Å². The third-order valence-corrected chi connectivity index (χ3v) is 3.73. The van der Waals surface area contributed by atoms with E-state index in [0.717, 1.165) is 12.4 Å². The molecule has 0 aliphatic carbocycles. The van der Waals surface area contributed by atoms with Crippen LogP contribution in [0.15, 0.2) is 22.1 Å². The van der Waals surface area contributed by atoms with Gasteiger partial charge in [-0.2, -0.15) is 0 Å². The zero-order chi connectivity index (χ0) is 16.9. The van der Waals surface area contributed by atoms with Crippen LogP contribution in [0.25, 0.3) is 10.9 Å². The molecule has 1 unspecified atom stereocenters. The fourth-order valence-corrected chi connectivity index (χ4v) is 2.63. The monoisotopic (exact) mass is 314 g/mol. The Kier molecular flexibility index (Phi) is 3.10. The molecule has 8 nitrogen and oxygen atoms in total. The van der Waals surface area contributed by atoms with Crippen LogP contribution in [-0.2, 0) is 4.79 Å². The second-order valence-electron chi connectivity index (χ2n) is 5.13. The molecule has 2 heterocycles. The molecule has 1 atom stereocenters. The summed E-state index contributed by atoms with van der Waals surface area (Å²) >= 11 is 0. The number of aromatic amines is 1. The summed E-state index contributed by atoms with van der Waals surface area (Å²) in [5.74, 6) is -4.67. The van der Waals surface area contributed by atoms with Crippen LogP contribution in [0.3, 0.4) is 0 Å². The van der Waals surface area contributed by atoms with Crippen molar-refractivity contribution in [1.29, 1.82) is 0 Å². The number of carbonyl (C=O) groups excluding carboxylic acids is 1. The zero-order valence-corrected chi connectivity index (χ0v) is 11.8. The number of H-pyrrole nitrogens is 1. The zero-order valence-electron chi connectivity index (χ0n) is 11.8. The molecule has 1 aliphatic rings. The number of aromatic nitrogens is 1. The van der Waals surface area contributed by atoms with E-state index in [1.165, 1.54) is 6.07 Å². The highest BCUT2D eigenvalue weighted by Gasteiger charge is 2.33. The van der Waals surface area contributed by atoms with Crippen LogP contribution in [0.4, 0.5) is 5.69 Å². The minimum Gasteiger partial charge on any atom is -0.480 e. The standard InChI is InChI=1S/C15H10N2O6/c1-5-2-6-10(16-3-7(12(6)18)14(20)21)11-9(5)13(19)8(4-17-11)15(22)23/h2-4,8H,1H3,(H,16,18)(H,20,21)(H,22,23). The largest absolute Gasteiger partial charge is 0.480 e. The summed E-state index contributed by atoms with van der Waals surface area (Å²) in [4.78, 5) is 53.4. The highest BCUT2D eigenvalue weighted by Crippen LogP contribution is 2.34. The number of aromatic carboxylic acids is 1. The van der Waals surface area contributed by atoms with Crippen LogP contribution in [0.5, 0.6) is 0 Å². The van der Waals surface area contributed by atoms with Gasteiger partial charge in [0.1, 0.15) is 5.56 Å². The van der Waals surface area contributed by atoms with Gasteiger partial charge in [-0.15, -0.1) is 0 Å². The predicted octanol–water partition coefficient (Wildman–Crippen LogP) is 1.13. The summed E-state index contributed by atoms with van der Waals surface area (Å²) in [6.07, 6.45) is 2.04. The summed E-state index contributed by atoms with van der Waals surface area (Å²) in [6, 6.07) is 1.37. The second kappa shape index (κ2) is 4.87. The highest BCUT2D eigenvalue weighted by atomic mass is 16.4. The SMILES string of the molecule is Cc1cc2c(=O)c(C(=O)O)c[nH]c2c2c1C(=O)C(C(=O)O)C=N2. The molecule has 0 amide bonds. The lowest BCUT2D eigenvalue weighted by molar-refractivity contribution is -0.137. The molecular weight excluding hydrogens is 304 g/mol. The quantitative estimate of drug-likeness (QED) is 0.711. The molecule has 8 heteroatoms. The Labute approximate surface area is 128 Å². The van der Waals surface area contributed by atoms with E-state index in [1.807, 2.05) is 0 Å². The van der Waals surface area contributed by atoms with Gasteiger partial charge >= 0.3 is 11.9 Å². The van der Waals surface area contributed by atoms with Crippen LogP contribution in [0, 0.1) is 12.8 Å². The molecule has 23 heavy (non-hydrogen) atoms. The first-order valence-corrected chi connectivity index (χ1v) is 6.56. The average Bonchev–Trinajstić information content (AvgIpc) is 2.47. The number of carboxylic acids is 2. The smallest absolute Gasteiger partial charge is 0.341 e. The minimum absolute atomic E-state index is 0.0832. The maximum atomic E-state index is 12.3. The van der Waals surface area contributed by atoms with Gasteiger partial charge in [-0.3, -0.25) is 19.4 Å². The maximum absolute atomic E-state index is 12.3. The van der Waals surface area contributed by atoms with E-state index in [1.54, 1.807) is 6.92 Å². The molecule has 1 aromatic heterocycles. The van der Waals surface area contributed by atoms with Gasteiger partial charge in [0.2, 0.25) is 5.43 Å². The van der Waals surface area contributed by atoms with Crippen molar-refractivity contribution in [3.8, 4) is 0 Å². The number of pyridine rings is 1. The Balaban J connectivity index is 2.38. The minimum atomic E-state index is -1.37. The third-order valence-electron chi connectivity index (χ3n) is 3.73. The van der Waals surface area contributed by atoms with E-state index >= 15 is 0 Å². The summed E-state index contributed by atoms with van der Waals surface area (Å²) in [7, 11) is 0. The van der Waals surface area contributed by atoms with Gasteiger partial charge < -0.3 is 15.2 Å². The number of aryl methyl sites for hydroxylation is 1. The molecule has 3 rings (SSSR count). The number of nitrogens with one attached hydrogen (secondary N) is 1. The summed E-state index contributed by atoms with van der Waals surface area (Å²) in [5, 5.41) is 18.1. The number of nitrogens with zero attached hydrogens (tertiary/aromatic N) is 1. The lowest BCUT2D eigenvalue weighted by Crippen LogP contribution is -2.28. The highest BCUT2D eigenvalue weighted by molar-refractivity contribution is 6.24. The lowest BCUT2D eigenvalue weighted by atomic mass is 9.89. The van der Waals surface area contributed by atoms with E-state index in [-0.39, 0.29) is 22.2 Å². The van der Waals surface area contributed by atoms with Crippen molar-refractivity contribution in [2.75, 3.05) is 0 Å². The van der Waals surface area contributed by atoms with E-state index < -0.39 is 34.6 Å². The fourth-order valence-electron chi connectivity index (χ4n) is 2.63. The summed E-state index contributed by atoms with van der Waals surface area (Å²) < 4.78 is 0. The predicted molar refractivity (Wildman–Crippen MR) is 79.9 cm³/mol. The molecule has 116 valence electrons. The van der Waals surface area contributed by atoms with Crippen molar-refractivity contribution < 1.29 is 24.6 Å². The molecule has 0 spiro atoms. The molecule has 3 N–H and O–H groups in total. The summed E-state index contributed by atoms with van der Waals surface area (Å²) in [5.41, 5.74) is -0.281. The van der Waals surface area contributed by atoms with Crippen LogP contribution < -0.4 is 5.43 Å². The van der Waals surface area contributed by atoms with Crippen molar-refractivity contribution in [1.82, 2.24) is 4.98 Å². The Morgan fingerprint density at radius 3 is 2.57 bits per heavy atom. The first-order valence-electron chi connectivity index (χ1n) is 6.56. The van der Waals surface area contributed by atoms with E-state index in [9.17, 15) is 19.2 Å². The van der Waals surface area contributed by atoms with Gasteiger partial charge in [-0.05, 0) is 18.6 Å². The number of rotatable bonds is 2. The van der Waals surface area contributed by atoms with Crippen molar-refractivity contribution in [2.45, 2.75) is 6.92 Å². The molecule has 0 saturated heterocycles. The molecule has 0 radical (unpaired) electrons. The Bertz CT molecular complexity index is 986. The number of aliphatic imine (C=N–C) groups is 1. The number of carbonyl (C=O) groups is 3. The number of fused-ring (bicyclic) bond motifs is 3. The maximum Gasteiger partial charge on any atom is 0.341 e. The number of ketones is 1. The van der Waals surface area contributed by atoms with Crippen molar-refractivity contribution in [3.63, 3.8) is 0 Å². The van der Waals surface area contributed by atoms with Crippen LogP contribution in [0.2, 0.25) is 0 Å². The van der Waals surface area contributed by atoms with Crippen LogP contribution in [0.1, 0.15) is 26.3 Å². The fraction of sp³-hybridized carbons (Fsp3) is 0.133. The van der Waals surface area contributed by atoms with Gasteiger partial charge in [0.05, 0.1) is 11.2 Å². The Morgan fingerprint density at radius 1 is 1.26 bits per heavy atom. The average molecular weight is 314 g/mol. The second-order valence-corrected chi connectivity index (χ2v) is 5.13. The van der Waals surface area contributed by atoms with Crippen molar-refractivity contribution >= 4 is 40.5 Å². The van der Waals surface area contributed by atoms with Gasteiger partial charge in [-0.1, -0.05) is 0 Å². The van der Waals surface area contributed by atoms with Gasteiger partial charge in [-0.25, -0.2) is 4.79 Å². The topological polar surface area (TPSA) is 137 Å². The number of Topliss-reactive ketones (excluding diaryl/α,β-unsaturated/α-hetero) is 1. The van der Waals surface area contributed by atoms with Crippen molar-refractivity contribution in [2.24, 2.45) is 10.9 Å². The Morgan fingerprint density at radius 2 is 1.96 bits per heavy atom. The number of hydrogen-bond donors (Lipinski definition) is 3. The van der Waals surface area contributed by atoms with Gasteiger partial charge in [0.25, 0.3) is 0 Å². The van der Waals surface area contributed by atoms with Crippen LogP contribution >= 0.6 is 0 Å². The number of aliphatic carboxylic acids is 1. The van der Waals surface area contributed by atoms with Gasteiger partial charge in [0, 0.05) is 23.4 Å². The third kappa shape index (κ3) is 2.03. The first-order chi connectivity index (χ1) is 10.8. The number of carboxylic acid groups (broad SMARTS) is 2.